The highest BCUT2D eigenvalue weighted by Gasteiger charge is 2.40. The minimum Gasteiger partial charge on any atom is -0.314 e. The van der Waals surface area contributed by atoms with E-state index in [-0.39, 0.29) is 5.82 Å². The van der Waals surface area contributed by atoms with Crippen molar-refractivity contribution in [2.45, 2.75) is 37.8 Å². The maximum atomic E-state index is 13.1. The van der Waals surface area contributed by atoms with Gasteiger partial charge in [0.05, 0.1) is 0 Å². The lowest BCUT2D eigenvalue weighted by molar-refractivity contribution is 0.0573. The minimum atomic E-state index is -0.260. The first kappa shape index (κ1) is 13.3. The third-order valence-electron chi connectivity index (χ3n) is 4.59. The number of hydrogen-bond acceptors (Lipinski definition) is 2. The Morgan fingerprint density at radius 2 is 2.11 bits per heavy atom. The van der Waals surface area contributed by atoms with Gasteiger partial charge in [-0.05, 0) is 30.5 Å². The SMILES string of the molecule is Fc1ccc(CN2CCNCC23CCCC3)c(Cl)c1. The molecule has 2 aliphatic rings. The molecule has 1 spiro atoms. The molecule has 1 aliphatic heterocycles. The lowest BCUT2D eigenvalue weighted by Gasteiger charge is -2.45. The first-order valence-electron chi connectivity index (χ1n) is 7.09. The molecule has 1 saturated carbocycles. The van der Waals surface area contributed by atoms with Crippen LogP contribution in [0, 0.1) is 5.82 Å². The van der Waals surface area contributed by atoms with E-state index in [1.54, 1.807) is 0 Å². The maximum Gasteiger partial charge on any atom is 0.124 e. The third-order valence-corrected chi connectivity index (χ3v) is 4.95. The highest BCUT2D eigenvalue weighted by molar-refractivity contribution is 6.31. The summed E-state index contributed by atoms with van der Waals surface area (Å²) in [4.78, 5) is 2.55. The smallest absolute Gasteiger partial charge is 0.124 e. The van der Waals surface area contributed by atoms with Crippen LogP contribution in [0.25, 0.3) is 0 Å². The summed E-state index contributed by atoms with van der Waals surface area (Å²) in [6, 6.07) is 4.74. The van der Waals surface area contributed by atoms with Gasteiger partial charge < -0.3 is 5.32 Å². The van der Waals surface area contributed by atoms with E-state index in [4.69, 9.17) is 11.6 Å². The fourth-order valence-electron chi connectivity index (χ4n) is 3.51. The largest absolute Gasteiger partial charge is 0.314 e. The van der Waals surface area contributed by atoms with Gasteiger partial charge >= 0.3 is 0 Å². The van der Waals surface area contributed by atoms with Gasteiger partial charge in [0.2, 0.25) is 0 Å². The molecule has 0 amide bonds. The molecule has 0 aromatic heterocycles. The van der Waals surface area contributed by atoms with Crippen LogP contribution in [0.3, 0.4) is 0 Å². The van der Waals surface area contributed by atoms with Crippen LogP contribution in [0.15, 0.2) is 18.2 Å². The number of nitrogens with one attached hydrogen (secondary N) is 1. The molecule has 2 fully saturated rings. The molecule has 1 N–H and O–H groups in total. The van der Waals surface area contributed by atoms with Gasteiger partial charge in [-0.1, -0.05) is 30.5 Å². The normalized spacial score (nSPS) is 23.1. The standard InChI is InChI=1S/C15H20ClFN2/c16-14-9-13(17)4-3-12(14)10-19-8-7-18-11-15(19)5-1-2-6-15/h3-4,9,18H,1-2,5-8,10-11H2. The topological polar surface area (TPSA) is 15.3 Å². The van der Waals surface area contributed by atoms with Crippen molar-refractivity contribution in [1.29, 1.82) is 0 Å². The van der Waals surface area contributed by atoms with Crippen LogP contribution >= 0.6 is 11.6 Å². The van der Waals surface area contributed by atoms with E-state index >= 15 is 0 Å². The summed E-state index contributed by atoms with van der Waals surface area (Å²) in [6.07, 6.45) is 5.16. The lowest BCUT2D eigenvalue weighted by Crippen LogP contribution is -2.59. The quantitative estimate of drug-likeness (QED) is 0.896. The van der Waals surface area contributed by atoms with Crippen LogP contribution in [-0.2, 0) is 6.54 Å². The molecule has 1 aliphatic carbocycles. The lowest BCUT2D eigenvalue weighted by atomic mass is 9.92. The van der Waals surface area contributed by atoms with Crippen molar-refractivity contribution in [3.8, 4) is 0 Å². The summed E-state index contributed by atoms with van der Waals surface area (Å²) in [7, 11) is 0. The van der Waals surface area contributed by atoms with E-state index < -0.39 is 0 Å². The van der Waals surface area contributed by atoms with Gasteiger partial charge in [0, 0.05) is 36.7 Å². The Hall–Kier alpha value is -0.640. The van der Waals surface area contributed by atoms with Gasteiger partial charge in [-0.25, -0.2) is 4.39 Å². The fraction of sp³-hybridized carbons (Fsp3) is 0.600. The Morgan fingerprint density at radius 1 is 1.32 bits per heavy atom. The van der Waals surface area contributed by atoms with Crippen LogP contribution in [0.4, 0.5) is 4.39 Å². The van der Waals surface area contributed by atoms with Crippen molar-refractivity contribution in [3.63, 3.8) is 0 Å². The Labute approximate surface area is 118 Å². The van der Waals surface area contributed by atoms with Crippen LogP contribution in [0.1, 0.15) is 31.2 Å². The van der Waals surface area contributed by atoms with Crippen molar-refractivity contribution >= 4 is 11.6 Å². The van der Waals surface area contributed by atoms with Crippen LogP contribution in [-0.4, -0.2) is 30.1 Å². The van der Waals surface area contributed by atoms with E-state index in [1.807, 2.05) is 6.07 Å². The van der Waals surface area contributed by atoms with Gasteiger partial charge in [0.1, 0.15) is 5.82 Å². The second kappa shape index (κ2) is 5.39. The number of hydrogen-bond donors (Lipinski definition) is 1. The van der Waals surface area contributed by atoms with Crippen molar-refractivity contribution in [3.05, 3.63) is 34.6 Å². The summed E-state index contributed by atoms with van der Waals surface area (Å²) in [6.45, 7) is 3.99. The Kier molecular flexibility index (Phi) is 3.79. The van der Waals surface area contributed by atoms with E-state index in [0.29, 0.717) is 10.6 Å². The average molecular weight is 283 g/mol. The molecular formula is C15H20ClFN2. The maximum absolute atomic E-state index is 13.1. The Bertz CT molecular complexity index is 457. The summed E-state index contributed by atoms with van der Waals surface area (Å²) in [5, 5.41) is 4.07. The second-order valence-electron chi connectivity index (χ2n) is 5.77. The van der Waals surface area contributed by atoms with Crippen molar-refractivity contribution in [1.82, 2.24) is 10.2 Å². The van der Waals surface area contributed by atoms with Gasteiger partial charge in [0.15, 0.2) is 0 Å². The molecular weight excluding hydrogens is 263 g/mol. The molecule has 0 radical (unpaired) electrons. The van der Waals surface area contributed by atoms with Crippen LogP contribution in [0.5, 0.6) is 0 Å². The van der Waals surface area contributed by atoms with E-state index in [2.05, 4.69) is 10.2 Å². The average Bonchev–Trinajstić information content (AvgIpc) is 2.85. The van der Waals surface area contributed by atoms with Crippen LogP contribution in [0.2, 0.25) is 5.02 Å². The molecule has 19 heavy (non-hydrogen) atoms. The number of rotatable bonds is 2. The van der Waals surface area contributed by atoms with E-state index in [9.17, 15) is 4.39 Å². The highest BCUT2D eigenvalue weighted by Crippen LogP contribution is 2.37. The summed E-state index contributed by atoms with van der Waals surface area (Å²) >= 11 is 6.16. The summed E-state index contributed by atoms with van der Waals surface area (Å²) in [5.41, 5.74) is 1.34. The first-order valence-corrected chi connectivity index (χ1v) is 7.47. The molecule has 0 unspecified atom stereocenters. The third kappa shape index (κ3) is 2.64. The van der Waals surface area contributed by atoms with Crippen molar-refractivity contribution < 1.29 is 4.39 Å². The number of benzene rings is 1. The molecule has 0 atom stereocenters. The zero-order valence-electron chi connectivity index (χ0n) is 11.1. The van der Waals surface area contributed by atoms with Crippen molar-refractivity contribution in [2.75, 3.05) is 19.6 Å². The fourth-order valence-corrected chi connectivity index (χ4v) is 3.74. The Balaban J connectivity index is 1.80. The number of nitrogens with zero attached hydrogens (tertiary/aromatic N) is 1. The zero-order chi connectivity index (χ0) is 13.3. The molecule has 104 valence electrons. The monoisotopic (exact) mass is 282 g/mol. The number of piperazine rings is 1. The molecule has 2 nitrogen and oxygen atoms in total. The van der Waals surface area contributed by atoms with Gasteiger partial charge in [-0.2, -0.15) is 0 Å². The molecule has 1 aromatic carbocycles. The summed E-state index contributed by atoms with van der Waals surface area (Å²) in [5.74, 6) is -0.260. The van der Waals surface area contributed by atoms with E-state index in [0.717, 1.165) is 31.7 Å². The van der Waals surface area contributed by atoms with Gasteiger partial charge in [-0.3, -0.25) is 4.90 Å². The minimum absolute atomic E-state index is 0.260. The molecule has 3 rings (SSSR count). The van der Waals surface area contributed by atoms with E-state index in [1.165, 1.54) is 37.8 Å². The first-order chi connectivity index (χ1) is 9.20. The predicted octanol–water partition coefficient (Wildman–Crippen LogP) is 3.20. The molecule has 4 heteroatoms. The number of halogens is 2. The Morgan fingerprint density at radius 3 is 2.84 bits per heavy atom. The van der Waals surface area contributed by atoms with Gasteiger partial charge in [0.25, 0.3) is 0 Å². The molecule has 0 bridgehead atoms. The second-order valence-corrected chi connectivity index (χ2v) is 6.17. The molecule has 1 heterocycles. The zero-order valence-corrected chi connectivity index (χ0v) is 11.8. The van der Waals surface area contributed by atoms with Gasteiger partial charge in [-0.15, -0.1) is 0 Å². The van der Waals surface area contributed by atoms with Crippen LogP contribution < -0.4 is 5.32 Å². The molecule has 1 saturated heterocycles. The van der Waals surface area contributed by atoms with Crippen molar-refractivity contribution in [2.24, 2.45) is 0 Å². The summed E-state index contributed by atoms with van der Waals surface area (Å²) < 4.78 is 13.1. The molecule has 1 aromatic rings. The highest BCUT2D eigenvalue weighted by atomic mass is 35.5. The predicted molar refractivity (Wildman–Crippen MR) is 75.9 cm³/mol.